The van der Waals surface area contributed by atoms with E-state index in [0.29, 0.717) is 5.46 Å². The van der Waals surface area contributed by atoms with Crippen molar-refractivity contribution in [2.45, 2.75) is 0 Å². The van der Waals surface area contributed by atoms with E-state index in [1.807, 2.05) is 66.7 Å². The fourth-order valence-corrected chi connectivity index (χ4v) is 23.8. The van der Waals surface area contributed by atoms with Crippen LogP contribution in [0.15, 0.2) is 508 Å². The van der Waals surface area contributed by atoms with Crippen LogP contribution in [0.5, 0.6) is 0 Å². The van der Waals surface area contributed by atoms with Crippen molar-refractivity contribution < 1.29 is 39.3 Å². The molecule has 6 nitrogen and oxygen atoms in total. The van der Waals surface area contributed by atoms with Crippen molar-refractivity contribution in [1.29, 1.82) is 0 Å². The van der Waals surface area contributed by atoms with Gasteiger partial charge in [-0.3, -0.25) is 4.98 Å². The quantitative estimate of drug-likeness (QED) is 0.0640. The minimum Gasteiger partial charge on any atom is -0.454 e. The standard InChI is InChI=1S/4C18H15P.C17H10BrNO.C11H6BrNO.C6H6BBrO2.Pd/c4*1-4-10-16(11-5-1)19(17-12-6-2-7-13-17)18-14-8-3-9-15-18;18-12-5-3-4-11(8-12)15-9-14-13-6-1-2-7-16(13)20-17(14)10-19-15;12-11-5-8-7-3-1-2-4-9(7)14-10(8)6-13-11;8-6-3-1-2-5(4-6)7(9)10;/h4*1-15H;1-10H;1-6H;1-4,9-10H;. The minimum absolute atomic E-state index is 0. The van der Waals surface area contributed by atoms with E-state index >= 15 is 0 Å². The van der Waals surface area contributed by atoms with E-state index in [0.717, 1.165) is 68.7 Å². The van der Waals surface area contributed by atoms with Crippen molar-refractivity contribution in [3.63, 3.8) is 0 Å². The number of aromatic nitrogens is 2. The van der Waals surface area contributed by atoms with Crippen LogP contribution in [-0.2, 0) is 20.4 Å². The average Bonchev–Trinajstić information content (AvgIpc) is 1.62. The molecule has 594 valence electrons. The fourth-order valence-electron chi connectivity index (χ4n) is 13.4. The Morgan fingerprint density at radius 2 is 0.463 bits per heavy atom. The molecule has 0 fully saturated rings. The monoisotopic (exact) mass is 1920 g/mol. The summed E-state index contributed by atoms with van der Waals surface area (Å²) in [6.45, 7) is 0. The second-order valence-electron chi connectivity index (χ2n) is 27.1. The maximum Gasteiger partial charge on any atom is 0.488 e. The number of hydrogen-bond donors (Lipinski definition) is 2. The fraction of sp³-hybridized carbons (Fsp3) is 0. The number of furan rings is 2. The average molecular weight is 1930 g/mol. The molecule has 16 aromatic carbocycles. The molecule has 0 saturated carbocycles. The predicted molar refractivity (Wildman–Crippen MR) is 528 cm³/mol. The van der Waals surface area contributed by atoms with Crippen LogP contribution in [0, 0.1) is 0 Å². The van der Waals surface area contributed by atoms with Crippen molar-refractivity contribution in [1.82, 2.24) is 9.97 Å². The van der Waals surface area contributed by atoms with Gasteiger partial charge in [-0.1, -0.05) is 457 Å². The number of nitrogens with zero attached hydrogens (tertiary/aromatic N) is 2. The van der Waals surface area contributed by atoms with Gasteiger partial charge in [-0.15, -0.1) is 0 Å². The van der Waals surface area contributed by atoms with E-state index in [1.165, 1.54) is 63.7 Å². The Kier molecular flexibility index (Phi) is 33.7. The molecule has 0 aliphatic carbocycles. The largest absolute Gasteiger partial charge is 0.488 e. The van der Waals surface area contributed by atoms with Crippen LogP contribution in [0.3, 0.4) is 0 Å². The van der Waals surface area contributed by atoms with E-state index in [2.05, 4.69) is 446 Å². The Bertz CT molecular complexity index is 5600. The molecule has 0 aliphatic heterocycles. The molecule has 121 heavy (non-hydrogen) atoms. The molecule has 0 radical (unpaired) electrons. The summed E-state index contributed by atoms with van der Waals surface area (Å²) in [6, 6.07) is 164. The molecule has 0 saturated heterocycles. The number of fused-ring (bicyclic) bond motifs is 6. The zero-order valence-corrected chi connectivity index (χ0v) is 75.5. The molecule has 15 heteroatoms. The van der Waals surface area contributed by atoms with Crippen molar-refractivity contribution in [3.8, 4) is 11.3 Å². The number of halogens is 3. The van der Waals surface area contributed by atoms with Crippen LogP contribution in [0.1, 0.15) is 0 Å². The Morgan fingerprint density at radius 1 is 0.223 bits per heavy atom. The molecule has 2 N–H and O–H groups in total. The van der Waals surface area contributed by atoms with Gasteiger partial charge < -0.3 is 18.9 Å². The summed E-state index contributed by atoms with van der Waals surface area (Å²) in [5, 5.41) is 38.6. The van der Waals surface area contributed by atoms with Gasteiger partial charge in [0.25, 0.3) is 0 Å². The number of rotatable bonds is 14. The number of hydrogen-bond acceptors (Lipinski definition) is 6. The molecular formula is C106H82BBr3N2O4P4Pd. The van der Waals surface area contributed by atoms with Crippen molar-refractivity contribution in [2.75, 3.05) is 0 Å². The predicted octanol–water partition coefficient (Wildman–Crippen LogP) is 23.1. The van der Waals surface area contributed by atoms with E-state index in [4.69, 9.17) is 18.9 Å². The number of pyridine rings is 2. The second kappa shape index (κ2) is 46.3. The third kappa shape index (κ3) is 24.8. The molecule has 0 amide bonds. The normalized spacial score (nSPS) is 10.6. The minimum atomic E-state index is -1.38. The van der Waals surface area contributed by atoms with E-state index < -0.39 is 38.8 Å². The maximum absolute atomic E-state index is 8.68. The summed E-state index contributed by atoms with van der Waals surface area (Å²) in [5.74, 6) is 0. The number of para-hydroxylation sites is 2. The summed E-state index contributed by atoms with van der Waals surface area (Å²) >= 11 is 10.1. The summed E-state index contributed by atoms with van der Waals surface area (Å²) in [6.07, 6.45) is 3.53. The molecule has 0 bridgehead atoms. The molecule has 4 heterocycles. The van der Waals surface area contributed by atoms with E-state index in [-0.39, 0.29) is 20.4 Å². The summed E-state index contributed by atoms with van der Waals surface area (Å²) in [5.41, 5.74) is 5.99. The van der Waals surface area contributed by atoms with Gasteiger partial charge in [0, 0.05) is 56.5 Å². The zero-order chi connectivity index (χ0) is 82.3. The van der Waals surface area contributed by atoms with Gasteiger partial charge in [0.05, 0.1) is 18.1 Å². The van der Waals surface area contributed by atoms with Gasteiger partial charge in [0.15, 0.2) is 11.2 Å². The van der Waals surface area contributed by atoms with Crippen LogP contribution in [0.2, 0.25) is 0 Å². The zero-order valence-electron chi connectivity index (χ0n) is 65.6. The first-order valence-electron chi connectivity index (χ1n) is 39.0. The van der Waals surface area contributed by atoms with Crippen molar-refractivity contribution in [3.05, 3.63) is 499 Å². The molecule has 0 spiro atoms. The molecule has 20 aromatic rings. The Balaban J connectivity index is 0.000000123. The molecule has 4 aromatic heterocycles. The molecule has 0 aliphatic rings. The first-order valence-corrected chi connectivity index (χ1v) is 46.8. The van der Waals surface area contributed by atoms with Gasteiger partial charge in [-0.2, -0.15) is 0 Å². The van der Waals surface area contributed by atoms with Crippen molar-refractivity contribution in [2.24, 2.45) is 0 Å². The third-order valence-corrected chi connectivity index (χ3v) is 30.1. The molecule has 0 atom stereocenters. The maximum atomic E-state index is 8.68. The molecule has 20 rings (SSSR count). The number of benzene rings is 16. The SMILES string of the molecule is Brc1cc2c(cn1)oc1ccccc12.Brc1cccc(-c2cc3c(cn2)oc2ccccc23)c1.OB(O)c1cccc(Br)c1.[Pd].c1ccc(P(c2ccccc2)c2ccccc2)cc1.c1ccc(P(c2ccccc2)c2ccccc2)cc1.c1ccc(P(c2ccccc2)c2ccccc2)cc1.c1ccc(P(c2ccccc2)c2ccccc2)cc1. The second-order valence-corrected chi connectivity index (χ2v) is 38.6. The van der Waals surface area contributed by atoms with Gasteiger partial charge >= 0.3 is 7.12 Å². The summed E-state index contributed by atoms with van der Waals surface area (Å²) in [7, 11) is -3.16. The van der Waals surface area contributed by atoms with Crippen LogP contribution in [0.25, 0.3) is 55.1 Å². The topological polar surface area (TPSA) is 92.5 Å². The van der Waals surface area contributed by atoms with Crippen LogP contribution in [-0.4, -0.2) is 27.1 Å². The van der Waals surface area contributed by atoms with Gasteiger partial charge in [-0.05, 0) is 165 Å². The van der Waals surface area contributed by atoms with Gasteiger partial charge in [0.2, 0.25) is 0 Å². The summed E-state index contributed by atoms with van der Waals surface area (Å²) in [4.78, 5) is 8.62. The van der Waals surface area contributed by atoms with Crippen LogP contribution >= 0.6 is 79.5 Å². The summed E-state index contributed by atoms with van der Waals surface area (Å²) < 4.78 is 14.1. The van der Waals surface area contributed by atoms with Crippen LogP contribution < -0.4 is 69.1 Å². The Labute approximate surface area is 752 Å². The Hall–Kier alpha value is -10.8. The van der Waals surface area contributed by atoms with E-state index in [9.17, 15) is 0 Å². The van der Waals surface area contributed by atoms with Crippen molar-refractivity contribution >= 4 is 200 Å². The first kappa shape index (κ1) is 88.0. The van der Waals surface area contributed by atoms with Crippen LogP contribution in [0.4, 0.5) is 0 Å². The van der Waals surface area contributed by atoms with E-state index in [1.54, 1.807) is 30.6 Å². The smallest absolute Gasteiger partial charge is 0.454 e. The third-order valence-electron chi connectivity index (χ3n) is 18.9. The first-order chi connectivity index (χ1) is 59.1. The Morgan fingerprint density at radius 3 is 0.719 bits per heavy atom. The van der Waals surface area contributed by atoms with Gasteiger partial charge in [0.1, 0.15) is 15.8 Å². The molecule has 0 unspecified atom stereocenters. The molecular weight excluding hydrogens is 1850 g/mol. The van der Waals surface area contributed by atoms with Gasteiger partial charge in [-0.25, -0.2) is 4.98 Å².